The topological polar surface area (TPSA) is 48.1 Å². The SMILES string of the molecule is Nc1cccc(Br)c1Oc1ccc(Br)cn1. The number of hydrogen-bond donors (Lipinski definition) is 1. The maximum absolute atomic E-state index is 5.81. The molecule has 0 saturated heterocycles. The van der Waals surface area contributed by atoms with E-state index in [1.807, 2.05) is 18.2 Å². The van der Waals surface area contributed by atoms with Gasteiger partial charge in [0.25, 0.3) is 0 Å². The fourth-order valence-electron chi connectivity index (χ4n) is 1.16. The Bertz CT molecular complexity index is 480. The molecular formula is C11H8Br2N2O. The van der Waals surface area contributed by atoms with Crippen LogP contribution in [0.3, 0.4) is 0 Å². The number of halogens is 2. The van der Waals surface area contributed by atoms with Crippen molar-refractivity contribution < 1.29 is 4.74 Å². The Kier molecular flexibility index (Phi) is 3.46. The normalized spacial score (nSPS) is 10.1. The molecule has 0 atom stereocenters. The minimum atomic E-state index is 0.502. The highest BCUT2D eigenvalue weighted by molar-refractivity contribution is 9.10. The second kappa shape index (κ2) is 4.84. The standard InChI is InChI=1S/C11H8Br2N2O/c12-7-4-5-10(15-6-7)16-11-8(13)2-1-3-9(11)14/h1-6H,14H2. The third-order valence-corrected chi connectivity index (χ3v) is 3.00. The summed E-state index contributed by atoms with van der Waals surface area (Å²) >= 11 is 6.68. The molecule has 0 aliphatic heterocycles. The van der Waals surface area contributed by atoms with Gasteiger partial charge in [-0.3, -0.25) is 0 Å². The van der Waals surface area contributed by atoms with Gasteiger partial charge in [-0.2, -0.15) is 0 Å². The van der Waals surface area contributed by atoms with E-state index in [1.54, 1.807) is 18.3 Å². The van der Waals surface area contributed by atoms with Crippen molar-refractivity contribution in [3.63, 3.8) is 0 Å². The van der Waals surface area contributed by atoms with Gasteiger partial charge in [0.2, 0.25) is 5.88 Å². The molecule has 0 aliphatic carbocycles. The number of aromatic nitrogens is 1. The first-order valence-corrected chi connectivity index (χ1v) is 6.09. The zero-order valence-corrected chi connectivity index (χ0v) is 11.3. The lowest BCUT2D eigenvalue weighted by molar-refractivity contribution is 0.462. The largest absolute Gasteiger partial charge is 0.436 e. The van der Waals surface area contributed by atoms with Crippen molar-refractivity contribution >= 4 is 37.5 Å². The Morgan fingerprint density at radius 2 is 1.94 bits per heavy atom. The van der Waals surface area contributed by atoms with E-state index >= 15 is 0 Å². The van der Waals surface area contributed by atoms with Gasteiger partial charge in [-0.15, -0.1) is 0 Å². The van der Waals surface area contributed by atoms with Crippen LogP contribution in [0.4, 0.5) is 5.69 Å². The summed E-state index contributed by atoms with van der Waals surface area (Å²) in [6.07, 6.45) is 1.67. The van der Waals surface area contributed by atoms with E-state index in [-0.39, 0.29) is 0 Å². The summed E-state index contributed by atoms with van der Waals surface area (Å²) in [5.41, 5.74) is 6.38. The van der Waals surface area contributed by atoms with Crippen molar-refractivity contribution in [1.29, 1.82) is 0 Å². The minimum absolute atomic E-state index is 0.502. The highest BCUT2D eigenvalue weighted by Gasteiger charge is 2.07. The lowest BCUT2D eigenvalue weighted by atomic mass is 10.3. The summed E-state index contributed by atoms with van der Waals surface area (Å²) in [6.45, 7) is 0. The van der Waals surface area contributed by atoms with E-state index in [2.05, 4.69) is 36.8 Å². The van der Waals surface area contributed by atoms with E-state index < -0.39 is 0 Å². The van der Waals surface area contributed by atoms with Crippen LogP contribution in [0.2, 0.25) is 0 Å². The number of nitrogens with two attached hydrogens (primary N) is 1. The quantitative estimate of drug-likeness (QED) is 0.839. The van der Waals surface area contributed by atoms with Gasteiger partial charge in [0.05, 0.1) is 10.2 Å². The van der Waals surface area contributed by atoms with Gasteiger partial charge < -0.3 is 10.5 Å². The van der Waals surface area contributed by atoms with Crippen LogP contribution in [0.1, 0.15) is 0 Å². The maximum atomic E-state index is 5.81. The number of pyridine rings is 1. The summed E-state index contributed by atoms with van der Waals surface area (Å²) in [6, 6.07) is 9.11. The van der Waals surface area contributed by atoms with Crippen molar-refractivity contribution in [3.8, 4) is 11.6 Å². The van der Waals surface area contributed by atoms with Crippen LogP contribution in [0.15, 0.2) is 45.5 Å². The molecule has 0 saturated carbocycles. The fourth-order valence-corrected chi connectivity index (χ4v) is 1.86. The Morgan fingerprint density at radius 3 is 2.56 bits per heavy atom. The molecule has 0 bridgehead atoms. The molecule has 3 nitrogen and oxygen atoms in total. The molecule has 0 aliphatic rings. The van der Waals surface area contributed by atoms with Crippen LogP contribution in [0.25, 0.3) is 0 Å². The zero-order valence-electron chi connectivity index (χ0n) is 8.15. The fraction of sp³-hybridized carbons (Fsp3) is 0. The predicted octanol–water partition coefficient (Wildman–Crippen LogP) is 3.98. The van der Waals surface area contributed by atoms with Gasteiger partial charge in [-0.25, -0.2) is 4.98 Å². The minimum Gasteiger partial charge on any atom is -0.436 e. The van der Waals surface area contributed by atoms with Crippen LogP contribution in [0.5, 0.6) is 11.6 Å². The van der Waals surface area contributed by atoms with Gasteiger partial charge in [0.1, 0.15) is 0 Å². The highest BCUT2D eigenvalue weighted by Crippen LogP contribution is 2.34. The lowest BCUT2D eigenvalue weighted by Gasteiger charge is -2.09. The van der Waals surface area contributed by atoms with Crippen molar-refractivity contribution in [3.05, 3.63) is 45.5 Å². The third-order valence-electron chi connectivity index (χ3n) is 1.90. The average molecular weight is 344 g/mol. The molecule has 0 spiro atoms. The first-order valence-electron chi connectivity index (χ1n) is 4.50. The van der Waals surface area contributed by atoms with Crippen molar-refractivity contribution in [2.45, 2.75) is 0 Å². The summed E-state index contributed by atoms with van der Waals surface area (Å²) in [7, 11) is 0. The monoisotopic (exact) mass is 342 g/mol. The molecule has 0 unspecified atom stereocenters. The van der Waals surface area contributed by atoms with Crippen LogP contribution in [0, 0.1) is 0 Å². The number of benzene rings is 1. The Morgan fingerprint density at radius 1 is 1.12 bits per heavy atom. The van der Waals surface area contributed by atoms with E-state index in [0.29, 0.717) is 17.3 Å². The Balaban J connectivity index is 2.30. The smallest absolute Gasteiger partial charge is 0.219 e. The summed E-state index contributed by atoms with van der Waals surface area (Å²) in [5.74, 6) is 1.08. The number of anilines is 1. The lowest BCUT2D eigenvalue weighted by Crippen LogP contribution is -1.94. The molecule has 1 heterocycles. The maximum Gasteiger partial charge on any atom is 0.219 e. The van der Waals surface area contributed by atoms with Crippen LogP contribution in [-0.2, 0) is 0 Å². The second-order valence-corrected chi connectivity index (χ2v) is 4.84. The van der Waals surface area contributed by atoms with Gasteiger partial charge in [-0.1, -0.05) is 6.07 Å². The van der Waals surface area contributed by atoms with E-state index in [9.17, 15) is 0 Å². The predicted molar refractivity (Wildman–Crippen MR) is 70.6 cm³/mol. The van der Waals surface area contributed by atoms with Crippen molar-refractivity contribution in [1.82, 2.24) is 4.98 Å². The third kappa shape index (κ3) is 2.54. The number of rotatable bonds is 2. The number of hydrogen-bond acceptors (Lipinski definition) is 3. The molecule has 0 amide bonds. The Hall–Kier alpha value is -1.07. The van der Waals surface area contributed by atoms with E-state index in [1.165, 1.54) is 0 Å². The summed E-state index contributed by atoms with van der Waals surface area (Å²) in [5, 5.41) is 0. The molecular weight excluding hydrogens is 336 g/mol. The van der Waals surface area contributed by atoms with Crippen LogP contribution < -0.4 is 10.5 Å². The molecule has 2 aromatic rings. The molecule has 82 valence electrons. The van der Waals surface area contributed by atoms with E-state index in [4.69, 9.17) is 10.5 Å². The molecule has 5 heteroatoms. The molecule has 2 rings (SSSR count). The van der Waals surface area contributed by atoms with Gasteiger partial charge in [0.15, 0.2) is 5.75 Å². The number of nitrogen functional groups attached to an aromatic ring is 1. The molecule has 16 heavy (non-hydrogen) atoms. The molecule has 2 N–H and O–H groups in total. The first-order chi connectivity index (χ1) is 7.66. The van der Waals surface area contributed by atoms with Crippen molar-refractivity contribution in [2.75, 3.05) is 5.73 Å². The van der Waals surface area contributed by atoms with E-state index in [0.717, 1.165) is 8.95 Å². The summed E-state index contributed by atoms with van der Waals surface area (Å²) in [4.78, 5) is 4.11. The second-order valence-electron chi connectivity index (χ2n) is 3.07. The van der Waals surface area contributed by atoms with Crippen LogP contribution >= 0.6 is 31.9 Å². The highest BCUT2D eigenvalue weighted by atomic mass is 79.9. The average Bonchev–Trinajstić information content (AvgIpc) is 2.26. The number of ether oxygens (including phenoxy) is 1. The number of para-hydroxylation sites is 1. The number of nitrogens with zero attached hydrogens (tertiary/aromatic N) is 1. The van der Waals surface area contributed by atoms with Crippen molar-refractivity contribution in [2.24, 2.45) is 0 Å². The molecule has 0 fully saturated rings. The molecule has 0 radical (unpaired) electrons. The van der Waals surface area contributed by atoms with Gasteiger partial charge in [0, 0.05) is 16.7 Å². The summed E-state index contributed by atoms with van der Waals surface area (Å²) < 4.78 is 7.30. The zero-order chi connectivity index (χ0) is 11.5. The molecule has 1 aromatic heterocycles. The first kappa shape index (κ1) is 11.4. The Labute approximate surface area is 110 Å². The molecule has 1 aromatic carbocycles. The van der Waals surface area contributed by atoms with Crippen LogP contribution in [-0.4, -0.2) is 4.98 Å². The van der Waals surface area contributed by atoms with Gasteiger partial charge >= 0.3 is 0 Å². The van der Waals surface area contributed by atoms with Gasteiger partial charge in [-0.05, 0) is 50.1 Å².